The minimum absolute atomic E-state index is 0. The highest BCUT2D eigenvalue weighted by atomic mass is 35.5. The summed E-state index contributed by atoms with van der Waals surface area (Å²) in [6.45, 7) is 0.408. The molecule has 7 heteroatoms. The van der Waals surface area contributed by atoms with Gasteiger partial charge in [0.25, 0.3) is 0 Å². The highest BCUT2D eigenvalue weighted by Crippen LogP contribution is 2.30. The summed E-state index contributed by atoms with van der Waals surface area (Å²) in [5, 5.41) is 2.03. The first-order valence-electron chi connectivity index (χ1n) is 6.69. The molecule has 0 unspecified atom stereocenters. The fourth-order valence-electron chi connectivity index (χ4n) is 2.17. The Morgan fingerprint density at radius 1 is 1.22 bits per heavy atom. The van der Waals surface area contributed by atoms with E-state index in [-0.39, 0.29) is 18.3 Å². The molecule has 0 aliphatic heterocycles. The topological polar surface area (TPSA) is 78.2 Å². The van der Waals surface area contributed by atoms with Crippen molar-refractivity contribution in [1.82, 2.24) is 0 Å². The highest BCUT2D eigenvalue weighted by molar-refractivity contribution is 6.31. The first-order chi connectivity index (χ1) is 10.6. The van der Waals surface area contributed by atoms with E-state index in [1.165, 1.54) is 0 Å². The molecule has 2 aromatic rings. The molecular weight excluding hydrogens is 339 g/mol. The van der Waals surface area contributed by atoms with E-state index in [0.29, 0.717) is 34.3 Å². The second-order valence-corrected chi connectivity index (χ2v) is 5.09. The molecule has 0 heterocycles. The number of amides is 1. The molecule has 5 nitrogen and oxygen atoms in total. The number of benzene rings is 2. The Kier molecular flexibility index (Phi) is 7.16. The van der Waals surface area contributed by atoms with Crippen molar-refractivity contribution in [3.8, 4) is 11.5 Å². The maximum absolute atomic E-state index is 12.3. The lowest BCUT2D eigenvalue weighted by Gasteiger charge is -2.11. The standard InChI is InChI=1S/C16H17ClN2O3.ClH/c1-21-14-5-3-4-10(15(14)22-2)9-19-16(20)12-8-11(17)6-7-13(12)18;/h3-8H,9,18H2,1-2H3,(H,19,20);1H. The molecular formula is C16H18Cl2N2O3. The van der Waals surface area contributed by atoms with Crippen LogP contribution in [0.3, 0.4) is 0 Å². The zero-order valence-electron chi connectivity index (χ0n) is 12.8. The Balaban J connectivity index is 0.00000264. The molecule has 0 aliphatic carbocycles. The van der Waals surface area contributed by atoms with Crippen molar-refractivity contribution in [2.24, 2.45) is 0 Å². The zero-order chi connectivity index (χ0) is 16.1. The molecule has 2 rings (SSSR count). The summed E-state index contributed by atoms with van der Waals surface area (Å²) in [5.41, 5.74) is 7.48. The molecule has 1 amide bonds. The summed E-state index contributed by atoms with van der Waals surface area (Å²) >= 11 is 5.91. The quantitative estimate of drug-likeness (QED) is 0.663. The van der Waals surface area contributed by atoms with Crippen LogP contribution in [0.25, 0.3) is 0 Å². The molecule has 0 saturated heterocycles. The molecule has 0 radical (unpaired) electrons. The Hall–Kier alpha value is -1.95. The van der Waals surface area contributed by atoms with Gasteiger partial charge in [0.05, 0.1) is 19.8 Å². The number of nitrogens with two attached hydrogens (primary N) is 2. The molecule has 4 N–H and O–H groups in total. The number of carbonyl (C=O) groups is 1. The third-order valence-corrected chi connectivity index (χ3v) is 3.51. The molecule has 0 atom stereocenters. The number of primary amides is 1. The number of hydrogen-bond acceptors (Lipinski definition) is 4. The number of anilines is 1. The summed E-state index contributed by atoms with van der Waals surface area (Å²) in [4.78, 5) is 12.3. The predicted octanol–water partition coefficient (Wildman–Crippen LogP) is -1.15. The van der Waals surface area contributed by atoms with Crippen LogP contribution < -0.4 is 32.9 Å². The van der Waals surface area contributed by atoms with Crippen LogP contribution in [0.15, 0.2) is 36.4 Å². The average molecular weight is 357 g/mol. The Morgan fingerprint density at radius 3 is 2.61 bits per heavy atom. The van der Waals surface area contributed by atoms with E-state index in [4.69, 9.17) is 26.8 Å². The Morgan fingerprint density at radius 2 is 1.96 bits per heavy atom. The van der Waals surface area contributed by atoms with Crippen LogP contribution in [-0.2, 0) is 6.54 Å². The normalized spacial score (nSPS) is 9.87. The van der Waals surface area contributed by atoms with Crippen molar-refractivity contribution in [2.75, 3.05) is 20.0 Å². The number of ether oxygens (including phenoxy) is 2. The average Bonchev–Trinajstić information content (AvgIpc) is 2.54. The number of carbonyl (C=O) groups excluding carboxylic acids is 1. The number of hydrogen-bond donors (Lipinski definition) is 2. The van der Waals surface area contributed by atoms with Crippen LogP contribution in [0.4, 0.5) is 5.69 Å². The third-order valence-electron chi connectivity index (χ3n) is 3.27. The van der Waals surface area contributed by atoms with E-state index in [1.807, 2.05) is 12.1 Å². The summed E-state index contributed by atoms with van der Waals surface area (Å²) < 4.78 is 10.6. The van der Waals surface area contributed by atoms with E-state index >= 15 is 0 Å². The van der Waals surface area contributed by atoms with Gasteiger partial charge in [-0.1, -0.05) is 17.7 Å². The van der Waals surface area contributed by atoms with Crippen LogP contribution in [0.1, 0.15) is 15.9 Å². The fourth-order valence-corrected chi connectivity index (χ4v) is 2.34. The number of quaternary nitrogens is 1. The van der Waals surface area contributed by atoms with Gasteiger partial charge in [-0.3, -0.25) is 5.32 Å². The van der Waals surface area contributed by atoms with Gasteiger partial charge in [-0.05, 0) is 30.3 Å². The summed E-state index contributed by atoms with van der Waals surface area (Å²) in [6.07, 6.45) is 0. The lowest BCUT2D eigenvalue weighted by Crippen LogP contribution is -3.00. The third kappa shape index (κ3) is 4.51. The Bertz CT molecular complexity index is 693. The van der Waals surface area contributed by atoms with Crippen LogP contribution >= 0.6 is 11.6 Å². The van der Waals surface area contributed by atoms with Crippen LogP contribution in [0.2, 0.25) is 5.02 Å². The van der Waals surface area contributed by atoms with Crippen LogP contribution in [0, 0.1) is 0 Å². The molecule has 0 aliphatic rings. The number of para-hydroxylation sites is 1. The molecule has 0 bridgehead atoms. The van der Waals surface area contributed by atoms with Crippen molar-refractivity contribution in [2.45, 2.75) is 6.54 Å². The maximum atomic E-state index is 12.3. The molecule has 23 heavy (non-hydrogen) atoms. The Labute approximate surface area is 146 Å². The summed E-state index contributed by atoms with van der Waals surface area (Å²) in [5.74, 6) is 1.07. The molecule has 0 fully saturated rings. The van der Waals surface area contributed by atoms with Gasteiger partial charge < -0.3 is 27.6 Å². The van der Waals surface area contributed by atoms with E-state index in [0.717, 1.165) is 5.56 Å². The van der Waals surface area contributed by atoms with Crippen molar-refractivity contribution in [1.29, 1.82) is 0 Å². The minimum Gasteiger partial charge on any atom is -1.00 e. The molecule has 0 saturated carbocycles. The smallest absolute Gasteiger partial charge is 0.345 e. The van der Waals surface area contributed by atoms with Crippen LogP contribution in [-0.4, -0.2) is 20.1 Å². The van der Waals surface area contributed by atoms with Crippen molar-refractivity contribution in [3.05, 3.63) is 52.5 Å². The first kappa shape index (κ1) is 19.1. The summed E-state index contributed by atoms with van der Waals surface area (Å²) in [6, 6.07) is 10.4. The number of rotatable bonds is 5. The molecule has 0 aromatic heterocycles. The largest absolute Gasteiger partial charge is 1.00 e. The van der Waals surface area contributed by atoms with Gasteiger partial charge in [0, 0.05) is 10.7 Å². The fraction of sp³-hybridized carbons (Fsp3) is 0.188. The second kappa shape index (κ2) is 8.62. The van der Waals surface area contributed by atoms with Gasteiger partial charge in [0.15, 0.2) is 11.5 Å². The molecule has 124 valence electrons. The number of methoxy groups -OCH3 is 2. The van der Waals surface area contributed by atoms with E-state index in [2.05, 4.69) is 0 Å². The number of halogens is 2. The SMILES string of the molecule is COc1cccc(C[NH2+]C(=O)c2cc(Cl)ccc2N)c1OC.[Cl-]. The van der Waals surface area contributed by atoms with Gasteiger partial charge in [-0.15, -0.1) is 0 Å². The maximum Gasteiger partial charge on any atom is 0.345 e. The van der Waals surface area contributed by atoms with Crippen molar-refractivity contribution < 1.29 is 32.0 Å². The molecule has 0 spiro atoms. The van der Waals surface area contributed by atoms with Crippen molar-refractivity contribution in [3.63, 3.8) is 0 Å². The van der Waals surface area contributed by atoms with Gasteiger partial charge >= 0.3 is 5.91 Å². The van der Waals surface area contributed by atoms with E-state index in [1.54, 1.807) is 43.8 Å². The number of nitrogen functional groups attached to an aromatic ring is 1. The highest BCUT2D eigenvalue weighted by Gasteiger charge is 2.17. The van der Waals surface area contributed by atoms with E-state index < -0.39 is 0 Å². The molecule has 2 aromatic carbocycles. The lowest BCUT2D eigenvalue weighted by atomic mass is 10.1. The zero-order valence-corrected chi connectivity index (χ0v) is 14.3. The van der Waals surface area contributed by atoms with Gasteiger partial charge in [-0.25, -0.2) is 4.79 Å². The lowest BCUT2D eigenvalue weighted by molar-refractivity contribution is -0.571. The van der Waals surface area contributed by atoms with Crippen molar-refractivity contribution >= 4 is 23.2 Å². The second-order valence-electron chi connectivity index (χ2n) is 4.66. The van der Waals surface area contributed by atoms with Gasteiger partial charge in [-0.2, -0.15) is 0 Å². The minimum atomic E-state index is -0.176. The van der Waals surface area contributed by atoms with Crippen LogP contribution in [0.5, 0.6) is 11.5 Å². The predicted molar refractivity (Wildman–Crippen MR) is 85.4 cm³/mol. The monoisotopic (exact) mass is 356 g/mol. The van der Waals surface area contributed by atoms with Gasteiger partial charge in [0.1, 0.15) is 12.1 Å². The van der Waals surface area contributed by atoms with Gasteiger partial charge in [0.2, 0.25) is 0 Å². The van der Waals surface area contributed by atoms with E-state index in [9.17, 15) is 4.79 Å². The summed E-state index contributed by atoms with van der Waals surface area (Å²) in [7, 11) is 3.14. The first-order valence-corrected chi connectivity index (χ1v) is 7.07.